The highest BCUT2D eigenvalue weighted by Gasteiger charge is 2.19. The van der Waals surface area contributed by atoms with Gasteiger partial charge in [0.05, 0.1) is 23.7 Å². The molecule has 5 nitrogen and oxygen atoms in total. The zero-order valence-corrected chi connectivity index (χ0v) is 11.1. The van der Waals surface area contributed by atoms with Crippen molar-refractivity contribution < 1.29 is 4.74 Å². The molecule has 1 saturated carbocycles. The third-order valence-corrected chi connectivity index (χ3v) is 3.61. The Balaban J connectivity index is 2.12. The van der Waals surface area contributed by atoms with Crippen LogP contribution >= 0.6 is 0 Å². The van der Waals surface area contributed by atoms with Crippen molar-refractivity contribution >= 4 is 16.6 Å². The number of aromatic nitrogens is 2. The van der Waals surface area contributed by atoms with Gasteiger partial charge < -0.3 is 15.0 Å². The van der Waals surface area contributed by atoms with Crippen LogP contribution in [-0.2, 0) is 0 Å². The molecule has 0 unspecified atom stereocenters. The predicted molar refractivity (Wildman–Crippen MR) is 74.9 cm³/mol. The van der Waals surface area contributed by atoms with Gasteiger partial charge in [0, 0.05) is 12.1 Å². The molecule has 0 amide bonds. The standard InChI is InChI=1S/C14H17N3O2/c1-8-15-11-7-13(19-2)12(17-9-4-3-5-9)6-10(11)14(18)16-8/h6-7,9,17H,3-5H2,1-2H3,(H,15,16,18). The third kappa shape index (κ3) is 2.16. The lowest BCUT2D eigenvalue weighted by Crippen LogP contribution is -2.27. The summed E-state index contributed by atoms with van der Waals surface area (Å²) < 4.78 is 5.39. The van der Waals surface area contributed by atoms with E-state index in [1.165, 1.54) is 19.3 Å². The minimum absolute atomic E-state index is 0.109. The second kappa shape index (κ2) is 4.57. The van der Waals surface area contributed by atoms with E-state index >= 15 is 0 Å². The van der Waals surface area contributed by atoms with Gasteiger partial charge in [-0.3, -0.25) is 4.79 Å². The molecule has 0 spiro atoms. The highest BCUT2D eigenvalue weighted by atomic mass is 16.5. The Hall–Kier alpha value is -2.04. The Morgan fingerprint density at radius 2 is 2.21 bits per heavy atom. The third-order valence-electron chi connectivity index (χ3n) is 3.61. The van der Waals surface area contributed by atoms with Crippen molar-refractivity contribution in [1.82, 2.24) is 9.97 Å². The Morgan fingerprint density at radius 3 is 2.84 bits per heavy atom. The van der Waals surface area contributed by atoms with Crippen molar-refractivity contribution in [2.24, 2.45) is 0 Å². The minimum atomic E-state index is -0.109. The number of hydrogen-bond acceptors (Lipinski definition) is 4. The fraction of sp³-hybridized carbons (Fsp3) is 0.429. The van der Waals surface area contributed by atoms with E-state index in [2.05, 4.69) is 15.3 Å². The van der Waals surface area contributed by atoms with Crippen molar-refractivity contribution in [1.29, 1.82) is 0 Å². The highest BCUT2D eigenvalue weighted by molar-refractivity contribution is 5.85. The second-order valence-corrected chi connectivity index (χ2v) is 4.99. The van der Waals surface area contributed by atoms with Gasteiger partial charge in [-0.1, -0.05) is 0 Å². The summed E-state index contributed by atoms with van der Waals surface area (Å²) in [6, 6.07) is 4.14. The van der Waals surface area contributed by atoms with Gasteiger partial charge in [0.25, 0.3) is 5.56 Å². The number of aromatic amines is 1. The maximum Gasteiger partial charge on any atom is 0.258 e. The first kappa shape index (κ1) is 12.0. The number of fused-ring (bicyclic) bond motifs is 1. The first-order valence-corrected chi connectivity index (χ1v) is 6.52. The van der Waals surface area contributed by atoms with Crippen molar-refractivity contribution in [3.8, 4) is 5.75 Å². The zero-order chi connectivity index (χ0) is 13.4. The van der Waals surface area contributed by atoms with Crippen LogP contribution in [0.3, 0.4) is 0 Å². The SMILES string of the molecule is COc1cc2nc(C)[nH]c(=O)c2cc1NC1CCC1. The minimum Gasteiger partial charge on any atom is -0.495 e. The quantitative estimate of drug-likeness (QED) is 0.886. The number of H-pyrrole nitrogens is 1. The Kier molecular flexibility index (Phi) is 2.89. The molecule has 0 radical (unpaired) electrons. The van der Waals surface area contributed by atoms with Gasteiger partial charge in [-0.25, -0.2) is 4.98 Å². The van der Waals surface area contributed by atoms with Gasteiger partial charge in [0.15, 0.2) is 0 Å². The first-order valence-electron chi connectivity index (χ1n) is 6.52. The van der Waals surface area contributed by atoms with E-state index in [9.17, 15) is 4.79 Å². The molecule has 1 aromatic carbocycles. The number of ether oxygens (including phenoxy) is 1. The number of aryl methyl sites for hydroxylation is 1. The van der Waals surface area contributed by atoms with E-state index in [4.69, 9.17) is 4.74 Å². The summed E-state index contributed by atoms with van der Waals surface area (Å²) in [5.41, 5.74) is 1.43. The van der Waals surface area contributed by atoms with Gasteiger partial charge in [-0.05, 0) is 32.3 Å². The first-order chi connectivity index (χ1) is 9.17. The van der Waals surface area contributed by atoms with Crippen LogP contribution in [0, 0.1) is 6.92 Å². The number of nitrogens with one attached hydrogen (secondary N) is 2. The number of benzene rings is 1. The Bertz CT molecular complexity index is 674. The van der Waals surface area contributed by atoms with Crippen LogP contribution in [0.1, 0.15) is 25.1 Å². The van der Waals surface area contributed by atoms with Crippen LogP contribution < -0.4 is 15.6 Å². The van der Waals surface area contributed by atoms with Gasteiger partial charge in [0.2, 0.25) is 0 Å². The molecule has 0 atom stereocenters. The summed E-state index contributed by atoms with van der Waals surface area (Å²) >= 11 is 0. The molecule has 1 heterocycles. The molecule has 1 aliphatic carbocycles. The molecule has 2 aromatic rings. The number of anilines is 1. The molecule has 1 aliphatic rings. The van der Waals surface area contributed by atoms with Crippen LogP contribution in [-0.4, -0.2) is 23.1 Å². The maximum atomic E-state index is 12.0. The van der Waals surface area contributed by atoms with Crippen molar-refractivity contribution in [3.63, 3.8) is 0 Å². The summed E-state index contributed by atoms with van der Waals surface area (Å²) in [6.45, 7) is 1.77. The second-order valence-electron chi connectivity index (χ2n) is 4.99. The van der Waals surface area contributed by atoms with E-state index in [0.29, 0.717) is 22.8 Å². The molecule has 0 aliphatic heterocycles. The molecule has 1 fully saturated rings. The Morgan fingerprint density at radius 1 is 1.42 bits per heavy atom. The number of methoxy groups -OCH3 is 1. The van der Waals surface area contributed by atoms with Crippen LogP contribution in [0.4, 0.5) is 5.69 Å². The van der Waals surface area contributed by atoms with E-state index in [0.717, 1.165) is 11.4 Å². The van der Waals surface area contributed by atoms with E-state index in [-0.39, 0.29) is 5.56 Å². The lowest BCUT2D eigenvalue weighted by Gasteiger charge is -2.28. The van der Waals surface area contributed by atoms with Crippen LogP contribution in [0.15, 0.2) is 16.9 Å². The number of nitrogens with zero attached hydrogens (tertiary/aromatic N) is 1. The molecule has 100 valence electrons. The molecule has 2 N–H and O–H groups in total. The topological polar surface area (TPSA) is 67.0 Å². The average molecular weight is 259 g/mol. The highest BCUT2D eigenvalue weighted by Crippen LogP contribution is 2.32. The van der Waals surface area contributed by atoms with Gasteiger partial charge in [0.1, 0.15) is 11.6 Å². The van der Waals surface area contributed by atoms with Crippen LogP contribution in [0.2, 0.25) is 0 Å². The lowest BCUT2D eigenvalue weighted by atomic mass is 9.93. The van der Waals surface area contributed by atoms with Crippen molar-refractivity contribution in [2.45, 2.75) is 32.2 Å². The summed E-state index contributed by atoms with van der Waals surface area (Å²) in [4.78, 5) is 19.0. The summed E-state index contributed by atoms with van der Waals surface area (Å²) in [6.07, 6.45) is 3.60. The molecule has 0 bridgehead atoms. The van der Waals surface area contributed by atoms with Crippen molar-refractivity contribution in [2.75, 3.05) is 12.4 Å². The molecule has 3 rings (SSSR count). The monoisotopic (exact) mass is 259 g/mol. The normalized spacial score (nSPS) is 15.3. The summed E-state index contributed by atoms with van der Waals surface area (Å²) in [5.74, 6) is 1.34. The van der Waals surface area contributed by atoms with Crippen molar-refractivity contribution in [3.05, 3.63) is 28.3 Å². The fourth-order valence-corrected chi connectivity index (χ4v) is 2.34. The largest absolute Gasteiger partial charge is 0.495 e. The Labute approximate surface area is 111 Å². The van der Waals surface area contributed by atoms with Gasteiger partial charge in [-0.15, -0.1) is 0 Å². The van der Waals surface area contributed by atoms with Gasteiger partial charge in [-0.2, -0.15) is 0 Å². The number of hydrogen-bond donors (Lipinski definition) is 2. The fourth-order valence-electron chi connectivity index (χ4n) is 2.34. The summed E-state index contributed by atoms with van der Waals surface area (Å²) in [7, 11) is 1.63. The molecular weight excluding hydrogens is 242 g/mol. The predicted octanol–water partition coefficient (Wildman–Crippen LogP) is 2.20. The molecule has 5 heteroatoms. The van der Waals surface area contributed by atoms with Gasteiger partial charge >= 0.3 is 0 Å². The van der Waals surface area contributed by atoms with Crippen LogP contribution in [0.5, 0.6) is 5.75 Å². The van der Waals surface area contributed by atoms with E-state index in [1.807, 2.05) is 12.1 Å². The molecular formula is C14H17N3O2. The molecule has 0 saturated heterocycles. The molecule has 1 aromatic heterocycles. The average Bonchev–Trinajstić information content (AvgIpc) is 2.33. The summed E-state index contributed by atoms with van der Waals surface area (Å²) in [5, 5.41) is 4.02. The smallest absolute Gasteiger partial charge is 0.258 e. The maximum absolute atomic E-state index is 12.0. The molecule has 19 heavy (non-hydrogen) atoms. The number of rotatable bonds is 3. The lowest BCUT2D eigenvalue weighted by molar-refractivity contribution is 0.410. The zero-order valence-electron chi connectivity index (χ0n) is 11.1. The van der Waals surface area contributed by atoms with E-state index < -0.39 is 0 Å². The van der Waals surface area contributed by atoms with Crippen LogP contribution in [0.25, 0.3) is 10.9 Å². The van der Waals surface area contributed by atoms with E-state index in [1.54, 1.807) is 14.0 Å².